The zero-order valence-corrected chi connectivity index (χ0v) is 12.8. The van der Waals surface area contributed by atoms with Crippen LogP contribution < -0.4 is 5.32 Å². The van der Waals surface area contributed by atoms with Gasteiger partial charge in [0, 0.05) is 12.2 Å². The molecule has 1 saturated heterocycles. The molecular weight excluding hydrogens is 244 g/mol. The van der Waals surface area contributed by atoms with Crippen LogP contribution in [-0.4, -0.2) is 31.1 Å². The lowest BCUT2D eigenvalue weighted by Crippen LogP contribution is -2.22. The van der Waals surface area contributed by atoms with Crippen molar-refractivity contribution in [1.29, 1.82) is 0 Å². The molecular formula is C18H28N2. The van der Waals surface area contributed by atoms with E-state index in [1.54, 1.807) is 5.56 Å². The van der Waals surface area contributed by atoms with Crippen molar-refractivity contribution in [1.82, 2.24) is 4.90 Å². The fourth-order valence-electron chi connectivity index (χ4n) is 3.68. The molecule has 0 bridgehead atoms. The summed E-state index contributed by atoms with van der Waals surface area (Å²) in [4.78, 5) is 2.64. The van der Waals surface area contributed by atoms with Crippen LogP contribution in [0.5, 0.6) is 0 Å². The first-order valence-electron chi connectivity index (χ1n) is 8.46. The maximum absolute atomic E-state index is 3.57. The van der Waals surface area contributed by atoms with Crippen molar-refractivity contribution in [2.75, 3.05) is 31.5 Å². The molecule has 2 aliphatic heterocycles. The lowest BCUT2D eigenvalue weighted by atomic mass is 9.90. The van der Waals surface area contributed by atoms with Gasteiger partial charge < -0.3 is 10.2 Å². The maximum Gasteiger partial charge on any atom is 0.0375 e. The van der Waals surface area contributed by atoms with Gasteiger partial charge in [-0.3, -0.25) is 0 Å². The van der Waals surface area contributed by atoms with E-state index in [-0.39, 0.29) is 0 Å². The first-order valence-corrected chi connectivity index (χ1v) is 8.46. The van der Waals surface area contributed by atoms with E-state index in [4.69, 9.17) is 0 Å². The average molecular weight is 272 g/mol. The van der Waals surface area contributed by atoms with Gasteiger partial charge in [0.2, 0.25) is 0 Å². The Morgan fingerprint density at radius 1 is 1.20 bits per heavy atom. The van der Waals surface area contributed by atoms with Crippen molar-refractivity contribution < 1.29 is 0 Å². The summed E-state index contributed by atoms with van der Waals surface area (Å²) in [6.45, 7) is 7.40. The fraction of sp³-hybridized carbons (Fsp3) is 0.667. The van der Waals surface area contributed by atoms with Crippen LogP contribution in [0.15, 0.2) is 18.2 Å². The monoisotopic (exact) mass is 272 g/mol. The summed E-state index contributed by atoms with van der Waals surface area (Å²) in [7, 11) is 0. The molecule has 0 unspecified atom stereocenters. The number of aryl methyl sites for hydroxylation is 1. The molecule has 0 spiro atoms. The largest absolute Gasteiger partial charge is 0.385 e. The van der Waals surface area contributed by atoms with Gasteiger partial charge in [0.1, 0.15) is 0 Å². The SMILES string of the molecule is CC[C@@H](CCN1CCCC1)c1ccc2c(c1)NCCC2. The molecule has 2 aliphatic rings. The van der Waals surface area contributed by atoms with E-state index in [0.717, 1.165) is 12.5 Å². The highest BCUT2D eigenvalue weighted by atomic mass is 15.1. The molecule has 0 radical (unpaired) electrons. The number of likely N-dealkylation sites (tertiary alicyclic amines) is 1. The Bertz CT molecular complexity index is 435. The Morgan fingerprint density at radius 3 is 2.85 bits per heavy atom. The minimum Gasteiger partial charge on any atom is -0.385 e. The number of hydrogen-bond acceptors (Lipinski definition) is 2. The van der Waals surface area contributed by atoms with E-state index in [0.29, 0.717) is 0 Å². The number of anilines is 1. The molecule has 20 heavy (non-hydrogen) atoms. The third-order valence-corrected chi connectivity index (χ3v) is 5.03. The number of nitrogens with one attached hydrogen (secondary N) is 1. The van der Waals surface area contributed by atoms with E-state index in [1.165, 1.54) is 69.4 Å². The number of rotatable bonds is 5. The van der Waals surface area contributed by atoms with Crippen molar-refractivity contribution >= 4 is 5.69 Å². The van der Waals surface area contributed by atoms with Gasteiger partial charge in [0.05, 0.1) is 0 Å². The van der Waals surface area contributed by atoms with Gasteiger partial charge in [0.25, 0.3) is 0 Å². The van der Waals surface area contributed by atoms with Gasteiger partial charge in [-0.2, -0.15) is 0 Å². The Balaban J connectivity index is 1.65. The second kappa shape index (κ2) is 6.62. The van der Waals surface area contributed by atoms with Crippen LogP contribution in [0.3, 0.4) is 0 Å². The molecule has 2 heterocycles. The van der Waals surface area contributed by atoms with Crippen molar-refractivity contribution in [3.05, 3.63) is 29.3 Å². The first kappa shape index (κ1) is 13.9. The van der Waals surface area contributed by atoms with Gasteiger partial charge in [-0.1, -0.05) is 19.1 Å². The summed E-state index contributed by atoms with van der Waals surface area (Å²) in [6, 6.07) is 7.16. The topological polar surface area (TPSA) is 15.3 Å². The summed E-state index contributed by atoms with van der Waals surface area (Å²) in [6.07, 6.45) is 7.90. The predicted molar refractivity (Wildman–Crippen MR) is 86.6 cm³/mol. The molecule has 1 fully saturated rings. The molecule has 0 amide bonds. The quantitative estimate of drug-likeness (QED) is 0.871. The highest BCUT2D eigenvalue weighted by molar-refractivity contribution is 5.55. The predicted octanol–water partition coefficient (Wildman–Crippen LogP) is 4.02. The van der Waals surface area contributed by atoms with E-state index in [9.17, 15) is 0 Å². The fourth-order valence-corrected chi connectivity index (χ4v) is 3.68. The summed E-state index contributed by atoms with van der Waals surface area (Å²) >= 11 is 0. The van der Waals surface area contributed by atoms with Crippen molar-refractivity contribution in [3.8, 4) is 0 Å². The normalized spacial score (nSPS) is 20.4. The zero-order chi connectivity index (χ0) is 13.8. The van der Waals surface area contributed by atoms with Gasteiger partial charge in [0.15, 0.2) is 0 Å². The van der Waals surface area contributed by atoms with Crippen LogP contribution >= 0.6 is 0 Å². The van der Waals surface area contributed by atoms with Gasteiger partial charge in [-0.15, -0.1) is 0 Å². The molecule has 1 atom stereocenters. The third-order valence-electron chi connectivity index (χ3n) is 5.03. The summed E-state index contributed by atoms with van der Waals surface area (Å²) < 4.78 is 0. The lowest BCUT2D eigenvalue weighted by molar-refractivity contribution is 0.320. The Hall–Kier alpha value is -1.02. The lowest BCUT2D eigenvalue weighted by Gasteiger charge is -2.23. The standard InChI is InChI=1S/C18H28N2/c1-2-15(9-13-20-11-3-4-12-20)17-8-7-16-6-5-10-19-18(16)14-17/h7-8,14-15,19H,2-6,9-13H2,1H3/t15-/m0/s1. The van der Waals surface area contributed by atoms with Gasteiger partial charge in [-0.05, 0) is 81.3 Å². The molecule has 1 aromatic rings. The van der Waals surface area contributed by atoms with E-state index < -0.39 is 0 Å². The second-order valence-electron chi connectivity index (χ2n) is 6.39. The van der Waals surface area contributed by atoms with Crippen LogP contribution in [0.1, 0.15) is 56.1 Å². The number of nitrogens with zero attached hydrogens (tertiary/aromatic N) is 1. The van der Waals surface area contributed by atoms with E-state index in [2.05, 4.69) is 35.3 Å². The summed E-state index contributed by atoms with van der Waals surface area (Å²) in [5.41, 5.74) is 4.45. The average Bonchev–Trinajstić information content (AvgIpc) is 3.01. The van der Waals surface area contributed by atoms with Crippen LogP contribution in [0.2, 0.25) is 0 Å². The molecule has 2 heteroatoms. The first-order chi connectivity index (χ1) is 9.86. The Labute approximate surface area is 123 Å². The van der Waals surface area contributed by atoms with E-state index >= 15 is 0 Å². The number of fused-ring (bicyclic) bond motifs is 1. The zero-order valence-electron chi connectivity index (χ0n) is 12.8. The molecule has 1 aromatic carbocycles. The molecule has 0 aromatic heterocycles. The molecule has 2 nitrogen and oxygen atoms in total. The number of hydrogen-bond donors (Lipinski definition) is 1. The van der Waals surface area contributed by atoms with Crippen molar-refractivity contribution in [3.63, 3.8) is 0 Å². The van der Waals surface area contributed by atoms with Crippen LogP contribution in [-0.2, 0) is 6.42 Å². The molecule has 0 aliphatic carbocycles. The minimum atomic E-state index is 0.727. The van der Waals surface area contributed by atoms with Crippen LogP contribution in [0.25, 0.3) is 0 Å². The highest BCUT2D eigenvalue weighted by Gasteiger charge is 2.17. The van der Waals surface area contributed by atoms with Crippen LogP contribution in [0.4, 0.5) is 5.69 Å². The van der Waals surface area contributed by atoms with E-state index in [1.807, 2.05) is 0 Å². The highest BCUT2D eigenvalue weighted by Crippen LogP contribution is 2.30. The Kier molecular flexibility index (Phi) is 4.62. The number of benzene rings is 1. The Morgan fingerprint density at radius 2 is 2.05 bits per heavy atom. The smallest absolute Gasteiger partial charge is 0.0375 e. The maximum atomic E-state index is 3.57. The second-order valence-corrected chi connectivity index (χ2v) is 6.39. The van der Waals surface area contributed by atoms with Gasteiger partial charge >= 0.3 is 0 Å². The summed E-state index contributed by atoms with van der Waals surface area (Å²) in [5.74, 6) is 0.727. The third kappa shape index (κ3) is 3.17. The molecule has 110 valence electrons. The molecule has 3 rings (SSSR count). The summed E-state index contributed by atoms with van der Waals surface area (Å²) in [5, 5.41) is 3.57. The van der Waals surface area contributed by atoms with Crippen molar-refractivity contribution in [2.24, 2.45) is 0 Å². The van der Waals surface area contributed by atoms with Gasteiger partial charge in [-0.25, -0.2) is 0 Å². The van der Waals surface area contributed by atoms with Crippen molar-refractivity contribution in [2.45, 2.75) is 51.4 Å². The molecule has 1 N–H and O–H groups in total. The van der Waals surface area contributed by atoms with Crippen LogP contribution in [0, 0.1) is 0 Å². The molecule has 0 saturated carbocycles. The minimum absolute atomic E-state index is 0.727.